The summed E-state index contributed by atoms with van der Waals surface area (Å²) in [6.07, 6.45) is 4.19. The summed E-state index contributed by atoms with van der Waals surface area (Å²) in [4.78, 5) is 27.9. The summed E-state index contributed by atoms with van der Waals surface area (Å²) in [5.74, 6) is 1.52. The van der Waals surface area contributed by atoms with Crippen LogP contribution in [0.4, 0.5) is 5.69 Å². The number of amides is 1. The van der Waals surface area contributed by atoms with E-state index in [9.17, 15) is 14.9 Å². The first-order valence-corrected chi connectivity index (χ1v) is 13.1. The Morgan fingerprint density at radius 2 is 1.75 bits per heavy atom. The maximum atomic E-state index is 12.8. The zero-order valence-corrected chi connectivity index (χ0v) is 21.5. The number of nitro benzene ring substituents is 1. The summed E-state index contributed by atoms with van der Waals surface area (Å²) < 4.78 is 11.5. The number of likely N-dealkylation sites (tertiary alicyclic amines) is 2. The molecule has 0 bridgehead atoms. The lowest BCUT2D eigenvalue weighted by atomic mass is 9.89. The number of hydrogen-bond acceptors (Lipinski definition) is 6. The molecule has 0 radical (unpaired) electrons. The van der Waals surface area contributed by atoms with Gasteiger partial charge in [0.25, 0.3) is 0 Å². The van der Waals surface area contributed by atoms with Gasteiger partial charge in [-0.3, -0.25) is 14.9 Å². The third kappa shape index (κ3) is 6.89. The average molecular weight is 516 g/mol. The largest absolute Gasteiger partial charge is 0.490 e. The van der Waals surface area contributed by atoms with Gasteiger partial charge in [0.2, 0.25) is 11.7 Å². The van der Waals surface area contributed by atoms with Gasteiger partial charge in [-0.2, -0.15) is 0 Å². The highest BCUT2D eigenvalue weighted by atomic mass is 35.5. The van der Waals surface area contributed by atoms with Crippen LogP contribution in [0.2, 0.25) is 5.02 Å². The second-order valence-electron chi connectivity index (χ2n) is 9.44. The molecular weight excluding hydrogens is 482 g/mol. The van der Waals surface area contributed by atoms with Crippen molar-refractivity contribution in [2.75, 3.05) is 39.3 Å². The minimum absolute atomic E-state index is 0.0307. The zero-order valence-electron chi connectivity index (χ0n) is 20.7. The van der Waals surface area contributed by atoms with Crippen molar-refractivity contribution in [2.24, 2.45) is 0 Å². The topological polar surface area (TPSA) is 85.2 Å². The number of carbonyl (C=O) groups excluding carboxylic acids is 1. The van der Waals surface area contributed by atoms with Crippen LogP contribution in [-0.4, -0.2) is 66.1 Å². The molecule has 4 rings (SSSR count). The number of rotatable bonds is 9. The van der Waals surface area contributed by atoms with Crippen molar-refractivity contribution >= 4 is 23.2 Å². The fourth-order valence-electron chi connectivity index (χ4n) is 5.04. The standard InChI is InChI=1S/C27H34ClN3O5/c1-2-35-26-19-24(7-8-25(26)31(33)34)36-23-11-17-30(18-12-23)27(32)13-16-29-14-9-21(10-15-29)20-3-5-22(28)6-4-20/h3-8,19,21,23H,2,9-18H2,1H3. The highest BCUT2D eigenvalue weighted by molar-refractivity contribution is 6.30. The molecule has 2 saturated heterocycles. The molecule has 0 aliphatic carbocycles. The summed E-state index contributed by atoms with van der Waals surface area (Å²) in [5.41, 5.74) is 1.28. The molecule has 1 amide bonds. The van der Waals surface area contributed by atoms with Gasteiger partial charge in [0.15, 0.2) is 0 Å². The Bertz CT molecular complexity index is 1030. The van der Waals surface area contributed by atoms with Crippen LogP contribution in [0.1, 0.15) is 50.5 Å². The third-order valence-electron chi connectivity index (χ3n) is 7.10. The van der Waals surface area contributed by atoms with Crippen molar-refractivity contribution in [1.29, 1.82) is 0 Å². The summed E-state index contributed by atoms with van der Waals surface area (Å²) in [6, 6.07) is 12.8. The molecule has 2 heterocycles. The molecular formula is C27H34ClN3O5. The number of hydrogen-bond donors (Lipinski definition) is 0. The summed E-state index contributed by atoms with van der Waals surface area (Å²) in [6.45, 7) is 6.26. The molecule has 8 nitrogen and oxygen atoms in total. The molecule has 36 heavy (non-hydrogen) atoms. The number of benzene rings is 2. The third-order valence-corrected chi connectivity index (χ3v) is 7.35. The SMILES string of the molecule is CCOc1cc(OC2CCN(C(=O)CCN3CCC(c4ccc(Cl)cc4)CC3)CC2)ccc1[N+](=O)[O-]. The predicted octanol–water partition coefficient (Wildman–Crippen LogP) is 5.29. The smallest absolute Gasteiger partial charge is 0.311 e. The van der Waals surface area contributed by atoms with E-state index in [2.05, 4.69) is 17.0 Å². The van der Waals surface area contributed by atoms with Crippen molar-refractivity contribution < 1.29 is 19.2 Å². The van der Waals surface area contributed by atoms with Crippen LogP contribution >= 0.6 is 11.6 Å². The van der Waals surface area contributed by atoms with E-state index in [4.69, 9.17) is 21.1 Å². The molecule has 0 N–H and O–H groups in total. The van der Waals surface area contributed by atoms with Crippen LogP contribution in [0.25, 0.3) is 0 Å². The van der Waals surface area contributed by atoms with E-state index in [0.29, 0.717) is 37.8 Å². The number of nitro groups is 1. The lowest BCUT2D eigenvalue weighted by molar-refractivity contribution is -0.385. The average Bonchev–Trinajstić information content (AvgIpc) is 2.89. The Labute approximate surface area is 217 Å². The summed E-state index contributed by atoms with van der Waals surface area (Å²) in [5, 5.41) is 11.9. The Morgan fingerprint density at radius 1 is 1.06 bits per heavy atom. The minimum Gasteiger partial charge on any atom is -0.490 e. The highest BCUT2D eigenvalue weighted by Gasteiger charge is 2.26. The first-order chi connectivity index (χ1) is 17.4. The fourth-order valence-corrected chi connectivity index (χ4v) is 5.17. The van der Waals surface area contributed by atoms with Crippen LogP contribution in [0, 0.1) is 10.1 Å². The lowest BCUT2D eigenvalue weighted by Gasteiger charge is -2.34. The van der Waals surface area contributed by atoms with Crippen LogP contribution in [-0.2, 0) is 4.79 Å². The van der Waals surface area contributed by atoms with E-state index in [1.807, 2.05) is 17.0 Å². The van der Waals surface area contributed by atoms with Crippen LogP contribution in [0.5, 0.6) is 11.5 Å². The van der Waals surface area contributed by atoms with E-state index in [1.165, 1.54) is 11.6 Å². The van der Waals surface area contributed by atoms with E-state index in [1.54, 1.807) is 19.1 Å². The number of piperidine rings is 2. The van der Waals surface area contributed by atoms with Gasteiger partial charge in [0.05, 0.1) is 11.5 Å². The molecule has 0 unspecified atom stereocenters. The van der Waals surface area contributed by atoms with Crippen LogP contribution < -0.4 is 9.47 Å². The second kappa shape index (κ2) is 12.4. The van der Waals surface area contributed by atoms with Gasteiger partial charge in [0, 0.05) is 56.1 Å². The normalized spacial score (nSPS) is 17.7. The monoisotopic (exact) mass is 515 g/mol. The minimum atomic E-state index is -0.458. The molecule has 2 fully saturated rings. The van der Waals surface area contributed by atoms with Crippen LogP contribution in [0.3, 0.4) is 0 Å². The van der Waals surface area contributed by atoms with Gasteiger partial charge in [-0.25, -0.2) is 0 Å². The van der Waals surface area contributed by atoms with E-state index >= 15 is 0 Å². The van der Waals surface area contributed by atoms with Gasteiger partial charge in [-0.1, -0.05) is 23.7 Å². The number of carbonyl (C=O) groups is 1. The first kappa shape index (κ1) is 26.2. The highest BCUT2D eigenvalue weighted by Crippen LogP contribution is 2.33. The fraction of sp³-hybridized carbons (Fsp3) is 0.519. The van der Waals surface area contributed by atoms with Crippen molar-refractivity contribution in [2.45, 2.75) is 51.0 Å². The second-order valence-corrected chi connectivity index (χ2v) is 9.87. The molecule has 2 aliphatic heterocycles. The maximum absolute atomic E-state index is 12.8. The predicted molar refractivity (Wildman–Crippen MR) is 139 cm³/mol. The summed E-state index contributed by atoms with van der Waals surface area (Å²) >= 11 is 6.01. The Morgan fingerprint density at radius 3 is 2.39 bits per heavy atom. The van der Waals surface area contributed by atoms with Crippen molar-refractivity contribution in [1.82, 2.24) is 9.80 Å². The maximum Gasteiger partial charge on any atom is 0.311 e. The van der Waals surface area contributed by atoms with Gasteiger partial charge in [-0.05, 0) is 62.5 Å². The molecule has 0 atom stereocenters. The van der Waals surface area contributed by atoms with E-state index in [0.717, 1.165) is 50.3 Å². The molecule has 0 spiro atoms. The zero-order chi connectivity index (χ0) is 25.5. The van der Waals surface area contributed by atoms with Crippen molar-refractivity contribution in [3.05, 3.63) is 63.2 Å². The summed E-state index contributed by atoms with van der Waals surface area (Å²) in [7, 11) is 0. The van der Waals surface area contributed by atoms with Crippen LogP contribution in [0.15, 0.2) is 42.5 Å². The van der Waals surface area contributed by atoms with Gasteiger partial charge in [-0.15, -0.1) is 0 Å². The van der Waals surface area contributed by atoms with Gasteiger partial charge in [0.1, 0.15) is 11.9 Å². The molecule has 0 aromatic heterocycles. The molecule has 2 aliphatic rings. The molecule has 0 saturated carbocycles. The number of nitrogens with zero attached hydrogens (tertiary/aromatic N) is 3. The van der Waals surface area contributed by atoms with Crippen molar-refractivity contribution in [3.63, 3.8) is 0 Å². The Balaban J connectivity index is 1.18. The Hall–Kier alpha value is -2.84. The number of ether oxygens (including phenoxy) is 2. The molecule has 194 valence electrons. The van der Waals surface area contributed by atoms with E-state index < -0.39 is 4.92 Å². The van der Waals surface area contributed by atoms with Gasteiger partial charge >= 0.3 is 5.69 Å². The Kier molecular flexibility index (Phi) is 9.04. The molecule has 9 heteroatoms. The lowest BCUT2D eigenvalue weighted by Crippen LogP contribution is -2.43. The molecule has 2 aromatic rings. The van der Waals surface area contributed by atoms with Gasteiger partial charge < -0.3 is 19.3 Å². The first-order valence-electron chi connectivity index (χ1n) is 12.8. The number of halogens is 1. The van der Waals surface area contributed by atoms with E-state index in [-0.39, 0.29) is 23.4 Å². The quantitative estimate of drug-likeness (QED) is 0.333. The van der Waals surface area contributed by atoms with Crippen molar-refractivity contribution in [3.8, 4) is 11.5 Å². The molecule has 2 aromatic carbocycles.